The second kappa shape index (κ2) is 7.00. The van der Waals surface area contributed by atoms with E-state index >= 15 is 0 Å². The number of fused-ring (bicyclic) bond motifs is 1. The van der Waals surface area contributed by atoms with E-state index in [1.807, 2.05) is 0 Å². The van der Waals surface area contributed by atoms with E-state index in [9.17, 15) is 8.42 Å². The van der Waals surface area contributed by atoms with E-state index in [1.54, 1.807) is 33.8 Å². The molecule has 0 amide bonds. The third kappa shape index (κ3) is 3.64. The van der Waals surface area contributed by atoms with E-state index in [-0.39, 0.29) is 0 Å². The maximum atomic E-state index is 12.9. The van der Waals surface area contributed by atoms with Gasteiger partial charge in [0.1, 0.15) is 5.75 Å². The smallest absolute Gasteiger partial charge is 0.243 e. The zero-order valence-electron chi connectivity index (χ0n) is 13.7. The molecule has 0 radical (unpaired) electrons. The topological polar surface area (TPSA) is 49.9 Å². The lowest BCUT2D eigenvalue weighted by atomic mass is 10.2. The molecule has 1 aromatic carbocycles. The van der Waals surface area contributed by atoms with Gasteiger partial charge >= 0.3 is 0 Å². The summed E-state index contributed by atoms with van der Waals surface area (Å²) in [6, 6.07) is 9.38. The SMILES string of the molecule is O=S(=O)(c1ccc2c(c1)CCO2)N1CCN(Cc2ccc(Br)s2)CC1. The van der Waals surface area contributed by atoms with Crippen molar-refractivity contribution in [2.45, 2.75) is 17.9 Å². The number of hydrogen-bond donors (Lipinski definition) is 0. The van der Waals surface area contributed by atoms with Crippen LogP contribution < -0.4 is 4.74 Å². The van der Waals surface area contributed by atoms with Crippen molar-refractivity contribution in [3.05, 3.63) is 44.6 Å². The molecule has 0 aliphatic carbocycles. The van der Waals surface area contributed by atoms with Crippen molar-refractivity contribution in [2.24, 2.45) is 0 Å². The van der Waals surface area contributed by atoms with Gasteiger partial charge in [0.2, 0.25) is 10.0 Å². The van der Waals surface area contributed by atoms with Crippen molar-refractivity contribution in [1.82, 2.24) is 9.21 Å². The monoisotopic (exact) mass is 442 g/mol. The van der Waals surface area contributed by atoms with E-state index in [0.717, 1.165) is 41.2 Å². The highest BCUT2D eigenvalue weighted by Gasteiger charge is 2.29. The van der Waals surface area contributed by atoms with E-state index in [0.29, 0.717) is 24.6 Å². The van der Waals surface area contributed by atoms with Gasteiger partial charge < -0.3 is 4.74 Å². The van der Waals surface area contributed by atoms with Crippen LogP contribution in [0.4, 0.5) is 0 Å². The number of nitrogens with zero attached hydrogens (tertiary/aromatic N) is 2. The Morgan fingerprint density at radius 3 is 2.64 bits per heavy atom. The minimum Gasteiger partial charge on any atom is -0.493 e. The van der Waals surface area contributed by atoms with Crippen LogP contribution in [-0.4, -0.2) is 50.4 Å². The molecule has 1 saturated heterocycles. The number of thiophene rings is 1. The van der Waals surface area contributed by atoms with E-state index in [4.69, 9.17) is 4.74 Å². The number of halogens is 1. The lowest BCUT2D eigenvalue weighted by Crippen LogP contribution is -2.48. The number of ether oxygens (including phenoxy) is 1. The summed E-state index contributed by atoms with van der Waals surface area (Å²) < 4.78 is 34.0. The van der Waals surface area contributed by atoms with Crippen molar-refractivity contribution in [3.63, 3.8) is 0 Å². The highest BCUT2D eigenvalue weighted by Crippen LogP contribution is 2.29. The Bertz CT molecular complexity index is 874. The molecule has 1 fully saturated rings. The summed E-state index contributed by atoms with van der Waals surface area (Å²) >= 11 is 5.21. The quantitative estimate of drug-likeness (QED) is 0.729. The van der Waals surface area contributed by atoms with Gasteiger partial charge in [0.15, 0.2) is 0 Å². The van der Waals surface area contributed by atoms with Crippen LogP contribution in [0.2, 0.25) is 0 Å². The molecule has 0 saturated carbocycles. The molecule has 25 heavy (non-hydrogen) atoms. The molecule has 3 heterocycles. The van der Waals surface area contributed by atoms with Crippen LogP contribution in [0.25, 0.3) is 0 Å². The van der Waals surface area contributed by atoms with Crippen LogP contribution in [0.15, 0.2) is 39.0 Å². The van der Waals surface area contributed by atoms with Gasteiger partial charge in [0.25, 0.3) is 0 Å². The number of piperazine rings is 1. The zero-order chi connectivity index (χ0) is 17.4. The third-order valence-corrected chi connectivity index (χ3v) is 8.14. The van der Waals surface area contributed by atoms with Crippen LogP contribution in [0.5, 0.6) is 5.75 Å². The summed E-state index contributed by atoms with van der Waals surface area (Å²) in [5.74, 6) is 0.811. The summed E-state index contributed by atoms with van der Waals surface area (Å²) in [6.45, 7) is 4.08. The molecular weight excluding hydrogens is 424 g/mol. The van der Waals surface area contributed by atoms with E-state index < -0.39 is 10.0 Å². The lowest BCUT2D eigenvalue weighted by Gasteiger charge is -2.33. The highest BCUT2D eigenvalue weighted by molar-refractivity contribution is 9.11. The Kier molecular flexibility index (Phi) is 4.89. The summed E-state index contributed by atoms with van der Waals surface area (Å²) in [6.07, 6.45) is 0.781. The molecule has 0 N–H and O–H groups in total. The van der Waals surface area contributed by atoms with Gasteiger partial charge in [0, 0.05) is 44.0 Å². The number of hydrogen-bond acceptors (Lipinski definition) is 5. The first-order valence-corrected chi connectivity index (χ1v) is 11.3. The molecule has 1 aromatic heterocycles. The van der Waals surface area contributed by atoms with Gasteiger partial charge in [-0.2, -0.15) is 4.31 Å². The molecule has 2 aliphatic heterocycles. The lowest BCUT2D eigenvalue weighted by molar-refractivity contribution is 0.183. The number of sulfonamides is 1. The first-order chi connectivity index (χ1) is 12.0. The molecule has 134 valence electrons. The predicted octanol–water partition coefficient (Wildman–Crippen LogP) is 2.95. The maximum Gasteiger partial charge on any atom is 0.243 e. The Hall–Kier alpha value is -0.930. The van der Waals surface area contributed by atoms with Crippen molar-refractivity contribution in [2.75, 3.05) is 32.8 Å². The van der Waals surface area contributed by atoms with E-state index in [1.165, 1.54) is 4.88 Å². The summed E-state index contributed by atoms with van der Waals surface area (Å²) in [7, 11) is -3.43. The Labute approximate surface area is 160 Å². The normalized spacial score (nSPS) is 18.9. The van der Waals surface area contributed by atoms with Gasteiger partial charge in [-0.3, -0.25) is 4.90 Å². The van der Waals surface area contributed by atoms with Gasteiger partial charge in [-0.25, -0.2) is 8.42 Å². The van der Waals surface area contributed by atoms with Gasteiger partial charge in [-0.15, -0.1) is 11.3 Å². The molecule has 2 aromatic rings. The molecule has 4 rings (SSSR count). The zero-order valence-corrected chi connectivity index (χ0v) is 16.9. The van der Waals surface area contributed by atoms with Crippen molar-refractivity contribution in [3.8, 4) is 5.75 Å². The second-order valence-electron chi connectivity index (χ2n) is 6.25. The van der Waals surface area contributed by atoms with Crippen LogP contribution in [0.3, 0.4) is 0 Å². The molecule has 0 bridgehead atoms. The molecule has 8 heteroatoms. The van der Waals surface area contributed by atoms with E-state index in [2.05, 4.69) is 33.0 Å². The van der Waals surface area contributed by atoms with Crippen LogP contribution in [0, 0.1) is 0 Å². The molecule has 2 aliphatic rings. The minimum atomic E-state index is -3.43. The fraction of sp³-hybridized carbons (Fsp3) is 0.412. The van der Waals surface area contributed by atoms with Crippen molar-refractivity contribution >= 4 is 37.3 Å². The van der Waals surface area contributed by atoms with Crippen molar-refractivity contribution in [1.29, 1.82) is 0 Å². The predicted molar refractivity (Wildman–Crippen MR) is 102 cm³/mol. The summed E-state index contributed by atoms with van der Waals surface area (Å²) in [5, 5.41) is 0. The highest BCUT2D eigenvalue weighted by atomic mass is 79.9. The summed E-state index contributed by atoms with van der Waals surface area (Å²) in [5.41, 5.74) is 0.989. The third-order valence-electron chi connectivity index (χ3n) is 4.64. The number of benzene rings is 1. The Morgan fingerprint density at radius 1 is 1.12 bits per heavy atom. The molecule has 0 spiro atoms. The van der Waals surface area contributed by atoms with Crippen molar-refractivity contribution < 1.29 is 13.2 Å². The van der Waals surface area contributed by atoms with Gasteiger partial charge in [0.05, 0.1) is 15.3 Å². The van der Waals surface area contributed by atoms with Crippen LogP contribution in [-0.2, 0) is 23.0 Å². The Balaban J connectivity index is 1.42. The molecule has 0 atom stereocenters. The molecular formula is C17H19BrN2O3S2. The average Bonchev–Trinajstić information content (AvgIpc) is 3.23. The minimum absolute atomic E-state index is 0.382. The fourth-order valence-electron chi connectivity index (χ4n) is 3.26. The first kappa shape index (κ1) is 17.5. The second-order valence-corrected chi connectivity index (χ2v) is 10.7. The Morgan fingerprint density at radius 2 is 1.92 bits per heavy atom. The molecule has 5 nitrogen and oxygen atoms in total. The van der Waals surface area contributed by atoms with Gasteiger partial charge in [-0.05, 0) is 51.8 Å². The maximum absolute atomic E-state index is 12.9. The van der Waals surface area contributed by atoms with Gasteiger partial charge in [-0.1, -0.05) is 0 Å². The average molecular weight is 443 g/mol. The summed E-state index contributed by atoms with van der Waals surface area (Å²) in [4.78, 5) is 3.98. The van der Waals surface area contributed by atoms with Crippen LogP contribution >= 0.6 is 27.3 Å². The first-order valence-electron chi connectivity index (χ1n) is 8.25. The molecule has 0 unspecified atom stereocenters. The largest absolute Gasteiger partial charge is 0.493 e. The standard InChI is InChI=1S/C17H19BrN2O3S2/c18-17-4-1-14(24-17)12-19-6-8-20(9-7-19)25(21,22)15-2-3-16-13(11-15)5-10-23-16/h1-4,11H,5-10,12H2. The fourth-order valence-corrected chi connectivity index (χ4v) is 6.26. The number of rotatable bonds is 4. The van der Waals surface area contributed by atoms with Crippen LogP contribution in [0.1, 0.15) is 10.4 Å².